The maximum atomic E-state index is 12.8. The van der Waals surface area contributed by atoms with Crippen LogP contribution in [0.25, 0.3) is 0 Å². The molecule has 2 aliphatic rings. The van der Waals surface area contributed by atoms with Gasteiger partial charge in [0, 0.05) is 13.1 Å². The van der Waals surface area contributed by atoms with E-state index in [0.717, 1.165) is 19.4 Å². The number of hydrogen-bond acceptors (Lipinski definition) is 3. The molecule has 1 aromatic carbocycles. The van der Waals surface area contributed by atoms with Crippen LogP contribution in [0.2, 0.25) is 0 Å². The van der Waals surface area contributed by atoms with Gasteiger partial charge in [-0.25, -0.2) is 0 Å². The zero-order chi connectivity index (χ0) is 14.8. The van der Waals surface area contributed by atoms with E-state index in [1.54, 1.807) is 0 Å². The molecule has 0 saturated carbocycles. The second-order valence-electron chi connectivity index (χ2n) is 6.01. The molecule has 21 heavy (non-hydrogen) atoms. The van der Waals surface area contributed by atoms with Crippen molar-refractivity contribution in [2.75, 3.05) is 26.8 Å². The molecule has 4 heteroatoms. The molecule has 1 N–H and O–H groups in total. The Labute approximate surface area is 126 Å². The molecule has 1 aliphatic carbocycles. The lowest BCUT2D eigenvalue weighted by molar-refractivity contribution is -0.137. The van der Waals surface area contributed by atoms with Crippen molar-refractivity contribution in [2.24, 2.45) is 5.92 Å². The minimum absolute atomic E-state index is 0.0530. The third-order valence-electron chi connectivity index (χ3n) is 4.78. The van der Waals surface area contributed by atoms with Crippen LogP contribution >= 0.6 is 0 Å². The number of rotatable bonds is 4. The SMILES string of the molecule is CCNC1COCC1C(=O)N(C)C1CCc2ccccc21. The fourth-order valence-electron chi connectivity index (χ4n) is 3.61. The van der Waals surface area contributed by atoms with E-state index in [1.807, 2.05) is 11.9 Å². The van der Waals surface area contributed by atoms with Crippen LogP contribution in [-0.4, -0.2) is 43.7 Å². The van der Waals surface area contributed by atoms with Crippen molar-refractivity contribution in [2.45, 2.75) is 31.8 Å². The highest BCUT2D eigenvalue weighted by molar-refractivity contribution is 5.80. The van der Waals surface area contributed by atoms with E-state index in [2.05, 4.69) is 36.5 Å². The summed E-state index contributed by atoms with van der Waals surface area (Å²) in [7, 11) is 1.94. The van der Waals surface area contributed by atoms with Gasteiger partial charge in [0.1, 0.15) is 0 Å². The van der Waals surface area contributed by atoms with Crippen molar-refractivity contribution in [3.8, 4) is 0 Å². The zero-order valence-electron chi connectivity index (χ0n) is 12.8. The summed E-state index contributed by atoms with van der Waals surface area (Å²) in [5.41, 5.74) is 2.69. The van der Waals surface area contributed by atoms with Crippen molar-refractivity contribution in [1.29, 1.82) is 0 Å². The largest absolute Gasteiger partial charge is 0.379 e. The number of likely N-dealkylation sites (N-methyl/N-ethyl adjacent to an activating group) is 1. The number of fused-ring (bicyclic) bond motifs is 1. The van der Waals surface area contributed by atoms with Crippen LogP contribution in [0.3, 0.4) is 0 Å². The third kappa shape index (κ3) is 2.70. The van der Waals surface area contributed by atoms with E-state index in [0.29, 0.717) is 13.2 Å². The van der Waals surface area contributed by atoms with Gasteiger partial charge in [-0.3, -0.25) is 4.79 Å². The zero-order valence-corrected chi connectivity index (χ0v) is 12.8. The first-order valence-electron chi connectivity index (χ1n) is 7.88. The Morgan fingerprint density at radius 2 is 2.19 bits per heavy atom. The average molecular weight is 288 g/mol. The van der Waals surface area contributed by atoms with E-state index in [1.165, 1.54) is 11.1 Å². The quantitative estimate of drug-likeness (QED) is 0.918. The Hall–Kier alpha value is -1.39. The van der Waals surface area contributed by atoms with Gasteiger partial charge in [-0.15, -0.1) is 0 Å². The number of nitrogens with one attached hydrogen (secondary N) is 1. The highest BCUT2D eigenvalue weighted by Crippen LogP contribution is 2.36. The summed E-state index contributed by atoms with van der Waals surface area (Å²) in [4.78, 5) is 14.8. The normalized spacial score (nSPS) is 27.6. The molecule has 4 nitrogen and oxygen atoms in total. The van der Waals surface area contributed by atoms with Gasteiger partial charge < -0.3 is 15.0 Å². The molecule has 1 aromatic rings. The Morgan fingerprint density at radius 1 is 1.38 bits per heavy atom. The van der Waals surface area contributed by atoms with Crippen molar-refractivity contribution < 1.29 is 9.53 Å². The summed E-state index contributed by atoms with van der Waals surface area (Å²) in [6.45, 7) is 4.11. The number of hydrogen-bond donors (Lipinski definition) is 1. The number of benzene rings is 1. The first-order chi connectivity index (χ1) is 10.2. The Morgan fingerprint density at radius 3 is 3.00 bits per heavy atom. The lowest BCUT2D eigenvalue weighted by atomic mass is 10.00. The molecule has 3 unspecified atom stereocenters. The lowest BCUT2D eigenvalue weighted by Crippen LogP contribution is -2.45. The van der Waals surface area contributed by atoms with E-state index in [9.17, 15) is 4.79 Å². The van der Waals surface area contributed by atoms with Crippen LogP contribution < -0.4 is 5.32 Å². The minimum Gasteiger partial charge on any atom is -0.379 e. The van der Waals surface area contributed by atoms with Crippen LogP contribution in [0.15, 0.2) is 24.3 Å². The van der Waals surface area contributed by atoms with Crippen LogP contribution in [0.1, 0.15) is 30.5 Å². The molecule has 1 aliphatic heterocycles. The fraction of sp³-hybridized carbons (Fsp3) is 0.588. The number of nitrogens with zero attached hydrogens (tertiary/aromatic N) is 1. The van der Waals surface area contributed by atoms with Crippen molar-refractivity contribution in [1.82, 2.24) is 10.2 Å². The molecule has 1 saturated heterocycles. The molecular weight excluding hydrogens is 264 g/mol. The predicted octanol–water partition coefficient (Wildman–Crippen LogP) is 1.76. The van der Waals surface area contributed by atoms with Gasteiger partial charge in [0.15, 0.2) is 0 Å². The molecule has 3 atom stereocenters. The number of ether oxygens (including phenoxy) is 1. The van der Waals surface area contributed by atoms with E-state index < -0.39 is 0 Å². The molecular formula is C17H24N2O2. The Bertz CT molecular complexity index is 517. The molecule has 1 amide bonds. The Balaban J connectivity index is 1.73. The highest BCUT2D eigenvalue weighted by atomic mass is 16.5. The average Bonchev–Trinajstić information content (AvgIpc) is 3.12. The van der Waals surface area contributed by atoms with Gasteiger partial charge in [0.25, 0.3) is 0 Å². The summed E-state index contributed by atoms with van der Waals surface area (Å²) in [5, 5.41) is 3.37. The maximum Gasteiger partial charge on any atom is 0.229 e. The van der Waals surface area contributed by atoms with Gasteiger partial charge in [-0.05, 0) is 30.5 Å². The van der Waals surface area contributed by atoms with Crippen molar-refractivity contribution in [3.05, 3.63) is 35.4 Å². The standard InChI is InChI=1S/C17H24N2O2/c1-3-18-15-11-21-10-14(15)17(20)19(2)16-9-8-12-6-4-5-7-13(12)16/h4-7,14-16,18H,3,8-11H2,1-2H3. The van der Waals surface area contributed by atoms with Crippen LogP contribution in [-0.2, 0) is 16.0 Å². The maximum absolute atomic E-state index is 12.8. The summed E-state index contributed by atoms with van der Waals surface area (Å²) in [6, 6.07) is 8.85. The van der Waals surface area contributed by atoms with Crippen molar-refractivity contribution >= 4 is 5.91 Å². The van der Waals surface area contributed by atoms with Crippen LogP contribution in [0, 0.1) is 5.92 Å². The van der Waals surface area contributed by atoms with Crippen LogP contribution in [0.4, 0.5) is 0 Å². The van der Waals surface area contributed by atoms with Gasteiger partial charge >= 0.3 is 0 Å². The first kappa shape index (κ1) is 14.5. The minimum atomic E-state index is -0.0530. The molecule has 0 radical (unpaired) electrons. The summed E-state index contributed by atoms with van der Waals surface area (Å²) in [5.74, 6) is 0.155. The molecule has 114 valence electrons. The van der Waals surface area contributed by atoms with Crippen LogP contribution in [0.5, 0.6) is 0 Å². The van der Waals surface area contributed by atoms with Gasteiger partial charge in [0.2, 0.25) is 5.91 Å². The summed E-state index contributed by atoms with van der Waals surface area (Å²) in [6.07, 6.45) is 2.09. The summed E-state index contributed by atoms with van der Waals surface area (Å²) < 4.78 is 5.52. The number of carbonyl (C=O) groups is 1. The molecule has 3 rings (SSSR count). The Kier molecular flexibility index (Phi) is 4.27. The topological polar surface area (TPSA) is 41.6 Å². The number of amides is 1. The first-order valence-corrected chi connectivity index (χ1v) is 7.88. The second-order valence-corrected chi connectivity index (χ2v) is 6.01. The molecule has 0 bridgehead atoms. The molecule has 1 fully saturated rings. The third-order valence-corrected chi connectivity index (χ3v) is 4.78. The highest BCUT2D eigenvalue weighted by Gasteiger charge is 2.38. The predicted molar refractivity (Wildman–Crippen MR) is 82.0 cm³/mol. The lowest BCUT2D eigenvalue weighted by Gasteiger charge is -2.29. The fourth-order valence-corrected chi connectivity index (χ4v) is 3.61. The molecule has 1 heterocycles. The van der Waals surface area contributed by atoms with E-state index in [4.69, 9.17) is 4.74 Å². The second kappa shape index (κ2) is 6.16. The van der Waals surface area contributed by atoms with Gasteiger partial charge in [-0.1, -0.05) is 31.2 Å². The van der Waals surface area contributed by atoms with Gasteiger partial charge in [-0.2, -0.15) is 0 Å². The number of carbonyl (C=O) groups excluding carboxylic acids is 1. The van der Waals surface area contributed by atoms with E-state index in [-0.39, 0.29) is 23.9 Å². The smallest absolute Gasteiger partial charge is 0.229 e. The molecule has 0 spiro atoms. The molecule has 0 aromatic heterocycles. The van der Waals surface area contributed by atoms with Crippen molar-refractivity contribution in [3.63, 3.8) is 0 Å². The van der Waals surface area contributed by atoms with Gasteiger partial charge in [0.05, 0.1) is 25.2 Å². The van der Waals surface area contributed by atoms with E-state index >= 15 is 0 Å². The number of aryl methyl sites for hydroxylation is 1. The summed E-state index contributed by atoms with van der Waals surface area (Å²) >= 11 is 0. The monoisotopic (exact) mass is 288 g/mol.